The Morgan fingerprint density at radius 3 is 2.57 bits per heavy atom. The van der Waals surface area contributed by atoms with E-state index in [1.165, 1.54) is 0 Å². The second kappa shape index (κ2) is 3.21. The monoisotopic (exact) mass is 99.1 g/mol. The summed E-state index contributed by atoms with van der Waals surface area (Å²) in [5, 5.41) is 9.23. The second-order valence-electron chi connectivity index (χ2n) is 1.08. The van der Waals surface area contributed by atoms with Crippen LogP contribution < -0.4 is 11.1 Å². The van der Waals surface area contributed by atoms with E-state index in [-0.39, 0.29) is 0 Å². The largest absolute Gasteiger partial charge is 0.396 e. The van der Waals surface area contributed by atoms with Gasteiger partial charge in [0.25, 0.3) is 0 Å². The lowest BCUT2D eigenvalue weighted by Crippen LogP contribution is -2.03. The molecule has 0 heterocycles. The maximum Gasteiger partial charge on any atom is 0.0652 e. The first-order chi connectivity index (χ1) is 3.31. The standard InChI is InChI=1S/C4H9N3/c1-7-3-4(6)2-5/h2-3,5,7H,6H2,1H3/b4-3+,5-2?. The molecule has 0 fully saturated rings. The van der Waals surface area contributed by atoms with Gasteiger partial charge in [-0.25, -0.2) is 0 Å². The van der Waals surface area contributed by atoms with E-state index in [1.54, 1.807) is 13.2 Å². The maximum atomic E-state index is 6.55. The van der Waals surface area contributed by atoms with Gasteiger partial charge in [-0.1, -0.05) is 0 Å². The Morgan fingerprint density at radius 2 is 2.43 bits per heavy atom. The van der Waals surface area contributed by atoms with Crippen molar-refractivity contribution in [1.82, 2.24) is 5.32 Å². The lowest BCUT2D eigenvalue weighted by molar-refractivity contribution is 1.08. The van der Waals surface area contributed by atoms with Gasteiger partial charge in [0, 0.05) is 19.5 Å². The molecule has 0 radical (unpaired) electrons. The smallest absolute Gasteiger partial charge is 0.0652 e. The summed E-state index contributed by atoms with van der Waals surface area (Å²) < 4.78 is 0. The van der Waals surface area contributed by atoms with Crippen molar-refractivity contribution in [3.8, 4) is 0 Å². The van der Waals surface area contributed by atoms with E-state index in [4.69, 9.17) is 11.1 Å². The molecule has 0 unspecified atom stereocenters. The van der Waals surface area contributed by atoms with E-state index >= 15 is 0 Å². The molecule has 0 aromatic rings. The highest BCUT2D eigenvalue weighted by Gasteiger charge is 1.72. The van der Waals surface area contributed by atoms with E-state index in [0.717, 1.165) is 6.21 Å². The van der Waals surface area contributed by atoms with E-state index < -0.39 is 0 Å². The topological polar surface area (TPSA) is 61.9 Å². The van der Waals surface area contributed by atoms with Gasteiger partial charge in [-0.15, -0.1) is 0 Å². The quantitative estimate of drug-likeness (QED) is 0.414. The Labute approximate surface area is 42.7 Å². The van der Waals surface area contributed by atoms with E-state index in [9.17, 15) is 0 Å². The molecule has 0 aliphatic carbocycles. The molecule has 0 bridgehead atoms. The lowest BCUT2D eigenvalue weighted by atomic mass is 10.5. The van der Waals surface area contributed by atoms with Crippen LogP contribution >= 0.6 is 0 Å². The number of allylic oxidation sites excluding steroid dienone is 1. The van der Waals surface area contributed by atoms with Gasteiger partial charge in [0.15, 0.2) is 0 Å². The molecule has 0 saturated carbocycles. The zero-order chi connectivity index (χ0) is 5.70. The fourth-order valence-corrected chi connectivity index (χ4v) is 0.208. The van der Waals surface area contributed by atoms with Crippen LogP contribution in [0.4, 0.5) is 0 Å². The van der Waals surface area contributed by atoms with Gasteiger partial charge in [0.05, 0.1) is 5.70 Å². The highest BCUT2D eigenvalue weighted by molar-refractivity contribution is 5.73. The van der Waals surface area contributed by atoms with Crippen molar-refractivity contribution in [1.29, 1.82) is 5.41 Å². The number of rotatable bonds is 2. The predicted octanol–water partition coefficient (Wildman–Crippen LogP) is -0.345. The normalized spacial score (nSPS) is 10.7. The van der Waals surface area contributed by atoms with Crippen LogP contribution in [0.5, 0.6) is 0 Å². The van der Waals surface area contributed by atoms with Crippen LogP contribution in [0, 0.1) is 5.41 Å². The van der Waals surface area contributed by atoms with Crippen molar-refractivity contribution in [3.63, 3.8) is 0 Å². The Morgan fingerprint density at radius 1 is 1.86 bits per heavy atom. The Balaban J connectivity index is 3.49. The van der Waals surface area contributed by atoms with Crippen molar-refractivity contribution >= 4 is 6.21 Å². The molecule has 0 aliphatic heterocycles. The average Bonchev–Trinajstić information content (AvgIpc) is 1.68. The van der Waals surface area contributed by atoms with E-state index in [2.05, 4.69) is 5.32 Å². The predicted molar refractivity (Wildman–Crippen MR) is 30.1 cm³/mol. The number of nitrogens with two attached hydrogens (primary N) is 1. The van der Waals surface area contributed by atoms with Crippen molar-refractivity contribution < 1.29 is 0 Å². The molecule has 40 valence electrons. The van der Waals surface area contributed by atoms with Crippen LogP contribution in [0.25, 0.3) is 0 Å². The zero-order valence-electron chi connectivity index (χ0n) is 4.23. The summed E-state index contributed by atoms with van der Waals surface area (Å²) >= 11 is 0. The summed E-state index contributed by atoms with van der Waals surface area (Å²) in [5.41, 5.74) is 5.57. The van der Waals surface area contributed by atoms with Crippen LogP contribution in [-0.2, 0) is 0 Å². The van der Waals surface area contributed by atoms with Gasteiger partial charge >= 0.3 is 0 Å². The number of hydrogen-bond acceptors (Lipinski definition) is 3. The summed E-state index contributed by atoms with van der Waals surface area (Å²) in [4.78, 5) is 0. The van der Waals surface area contributed by atoms with Crippen molar-refractivity contribution in [3.05, 3.63) is 11.9 Å². The molecular formula is C4H9N3. The highest BCUT2D eigenvalue weighted by atomic mass is 14.8. The molecule has 0 spiro atoms. The molecular weight excluding hydrogens is 90.1 g/mol. The van der Waals surface area contributed by atoms with Gasteiger partial charge in [0.1, 0.15) is 0 Å². The third-order valence-electron chi connectivity index (χ3n) is 0.478. The third kappa shape index (κ3) is 2.82. The molecule has 3 nitrogen and oxygen atoms in total. The minimum absolute atomic E-state index is 0.433. The van der Waals surface area contributed by atoms with Gasteiger partial charge in [0.2, 0.25) is 0 Å². The van der Waals surface area contributed by atoms with Gasteiger partial charge in [-0.3, -0.25) is 0 Å². The van der Waals surface area contributed by atoms with Crippen LogP contribution in [0.15, 0.2) is 11.9 Å². The SMILES string of the molecule is CN/C=C(/N)C=N. The summed E-state index contributed by atoms with van der Waals surface area (Å²) in [6.07, 6.45) is 2.63. The molecule has 0 atom stereocenters. The van der Waals surface area contributed by atoms with Gasteiger partial charge in [-0.2, -0.15) is 0 Å². The zero-order valence-corrected chi connectivity index (χ0v) is 4.23. The van der Waals surface area contributed by atoms with Crippen LogP contribution in [0.2, 0.25) is 0 Å². The molecule has 0 saturated heterocycles. The van der Waals surface area contributed by atoms with Gasteiger partial charge in [-0.05, 0) is 0 Å². The Bertz CT molecular complexity index is 84.9. The lowest BCUT2D eigenvalue weighted by Gasteiger charge is -1.86. The van der Waals surface area contributed by atoms with Crippen LogP contribution in [0.1, 0.15) is 0 Å². The number of nitrogens with one attached hydrogen (secondary N) is 2. The maximum absolute atomic E-state index is 6.55. The average molecular weight is 99.1 g/mol. The first-order valence-electron chi connectivity index (χ1n) is 1.94. The first-order valence-corrected chi connectivity index (χ1v) is 1.94. The molecule has 0 aliphatic rings. The third-order valence-corrected chi connectivity index (χ3v) is 0.478. The minimum Gasteiger partial charge on any atom is -0.396 e. The highest BCUT2D eigenvalue weighted by Crippen LogP contribution is 1.67. The Hall–Kier alpha value is -0.990. The molecule has 0 amide bonds. The summed E-state index contributed by atoms with van der Waals surface area (Å²) in [6.45, 7) is 0. The fraction of sp³-hybridized carbons (Fsp3) is 0.250. The molecule has 4 N–H and O–H groups in total. The van der Waals surface area contributed by atoms with Crippen molar-refractivity contribution in [2.45, 2.75) is 0 Å². The van der Waals surface area contributed by atoms with Gasteiger partial charge < -0.3 is 16.5 Å². The van der Waals surface area contributed by atoms with E-state index in [0.29, 0.717) is 5.70 Å². The second-order valence-corrected chi connectivity index (χ2v) is 1.08. The molecule has 0 rings (SSSR count). The molecule has 3 heteroatoms. The van der Waals surface area contributed by atoms with Crippen molar-refractivity contribution in [2.24, 2.45) is 5.73 Å². The van der Waals surface area contributed by atoms with Crippen LogP contribution in [0.3, 0.4) is 0 Å². The fourth-order valence-electron chi connectivity index (χ4n) is 0.208. The summed E-state index contributed by atoms with van der Waals surface area (Å²) in [6, 6.07) is 0. The summed E-state index contributed by atoms with van der Waals surface area (Å²) in [7, 11) is 1.73. The van der Waals surface area contributed by atoms with Crippen LogP contribution in [-0.4, -0.2) is 13.3 Å². The molecule has 7 heavy (non-hydrogen) atoms. The number of hydrogen-bond donors (Lipinski definition) is 3. The Kier molecular flexibility index (Phi) is 2.76. The van der Waals surface area contributed by atoms with Crippen molar-refractivity contribution in [2.75, 3.05) is 7.05 Å². The molecule has 0 aromatic heterocycles. The first kappa shape index (κ1) is 6.01. The summed E-state index contributed by atoms with van der Waals surface area (Å²) in [5.74, 6) is 0. The minimum atomic E-state index is 0.433. The molecule has 0 aromatic carbocycles. The van der Waals surface area contributed by atoms with E-state index in [1.807, 2.05) is 0 Å².